The molecule has 0 aliphatic heterocycles. The highest BCUT2D eigenvalue weighted by Crippen LogP contribution is 2.28. The van der Waals surface area contributed by atoms with Gasteiger partial charge in [-0.1, -0.05) is 28.1 Å². The molecule has 152 valence electrons. The number of anilines is 1. The van der Waals surface area contributed by atoms with Crippen molar-refractivity contribution >= 4 is 54.5 Å². The van der Waals surface area contributed by atoms with E-state index in [4.69, 9.17) is 11.5 Å². The number of hydrogen-bond donors (Lipinski definition) is 3. The fourth-order valence-corrected chi connectivity index (χ4v) is 4.45. The number of hydrogen-bond acceptors (Lipinski definition) is 6. The standard InChI is InChI=1S/C19H15BrN6O2S2/c20-14-3-1-2-12(8-14)17-11-29-18(25-17)13(9-21)10-24-15-4-6-16(7-5-15)30(27,28)26-19(22)23/h1-8,10-11,24H,(H4,22,23,26)/b13-10+. The van der Waals surface area contributed by atoms with Crippen LogP contribution in [0.1, 0.15) is 5.01 Å². The molecule has 0 aliphatic rings. The second kappa shape index (κ2) is 9.08. The molecule has 0 fully saturated rings. The summed E-state index contributed by atoms with van der Waals surface area (Å²) in [5.74, 6) is -0.538. The Kier molecular flexibility index (Phi) is 6.51. The third-order valence-corrected chi connectivity index (χ3v) is 6.42. The number of halogens is 1. The Morgan fingerprint density at radius 2 is 1.97 bits per heavy atom. The molecule has 8 nitrogen and oxygen atoms in total. The Hall–Kier alpha value is -3.20. The summed E-state index contributed by atoms with van der Waals surface area (Å²) in [6.45, 7) is 0. The maximum Gasteiger partial charge on any atom is 0.285 e. The van der Waals surface area contributed by atoms with Gasteiger partial charge in [-0.05, 0) is 36.4 Å². The van der Waals surface area contributed by atoms with Crippen LogP contribution in [0.15, 0.2) is 73.9 Å². The lowest BCUT2D eigenvalue weighted by Crippen LogP contribution is -2.24. The van der Waals surface area contributed by atoms with Crippen LogP contribution in [0.3, 0.4) is 0 Å². The van der Waals surface area contributed by atoms with Gasteiger partial charge < -0.3 is 16.8 Å². The molecule has 5 N–H and O–H groups in total. The minimum absolute atomic E-state index is 0.0514. The summed E-state index contributed by atoms with van der Waals surface area (Å²) >= 11 is 4.79. The van der Waals surface area contributed by atoms with E-state index in [0.717, 1.165) is 15.7 Å². The number of allylic oxidation sites excluding steroid dienone is 1. The van der Waals surface area contributed by atoms with E-state index < -0.39 is 16.0 Å². The Bertz CT molecular complexity index is 1270. The van der Waals surface area contributed by atoms with E-state index >= 15 is 0 Å². The molecule has 0 saturated carbocycles. The summed E-state index contributed by atoms with van der Waals surface area (Å²) in [6, 6.07) is 15.6. The first kappa shape index (κ1) is 21.5. The first-order valence-electron chi connectivity index (χ1n) is 8.33. The molecule has 0 spiro atoms. The zero-order chi connectivity index (χ0) is 21.7. The van der Waals surface area contributed by atoms with E-state index in [2.05, 4.69) is 36.7 Å². The number of sulfonamides is 1. The van der Waals surface area contributed by atoms with Gasteiger partial charge in [-0.3, -0.25) is 0 Å². The molecule has 3 rings (SSSR count). The van der Waals surface area contributed by atoms with E-state index in [1.165, 1.54) is 41.8 Å². The van der Waals surface area contributed by atoms with Crippen molar-refractivity contribution in [1.29, 1.82) is 5.26 Å². The van der Waals surface area contributed by atoms with Crippen LogP contribution in [0.25, 0.3) is 16.8 Å². The predicted molar refractivity (Wildman–Crippen MR) is 122 cm³/mol. The molecule has 0 unspecified atom stereocenters. The molecular formula is C19H15BrN6O2S2. The molecule has 0 aliphatic carbocycles. The van der Waals surface area contributed by atoms with Gasteiger partial charge in [0.15, 0.2) is 0 Å². The van der Waals surface area contributed by atoms with Crippen LogP contribution in [0.5, 0.6) is 0 Å². The molecule has 30 heavy (non-hydrogen) atoms. The highest BCUT2D eigenvalue weighted by atomic mass is 79.9. The molecule has 11 heteroatoms. The van der Waals surface area contributed by atoms with Gasteiger partial charge in [0.25, 0.3) is 10.0 Å². The van der Waals surface area contributed by atoms with E-state index in [-0.39, 0.29) is 4.90 Å². The first-order chi connectivity index (χ1) is 14.3. The molecule has 0 bridgehead atoms. The van der Waals surface area contributed by atoms with Crippen LogP contribution in [0.4, 0.5) is 5.69 Å². The third-order valence-electron chi connectivity index (χ3n) is 3.74. The fourth-order valence-electron chi connectivity index (χ4n) is 2.39. The highest BCUT2D eigenvalue weighted by molar-refractivity contribution is 9.10. The Morgan fingerprint density at radius 3 is 2.60 bits per heavy atom. The number of guanidine groups is 1. The molecule has 0 amide bonds. The molecule has 3 aromatic rings. The summed E-state index contributed by atoms with van der Waals surface area (Å²) < 4.78 is 28.1. The minimum Gasteiger partial charge on any atom is -0.369 e. The summed E-state index contributed by atoms with van der Waals surface area (Å²) in [5.41, 5.74) is 12.9. The van der Waals surface area contributed by atoms with Gasteiger partial charge in [0.1, 0.15) is 16.6 Å². The van der Waals surface area contributed by atoms with E-state index in [1.54, 1.807) is 0 Å². The lowest BCUT2D eigenvalue weighted by Gasteiger charge is -2.04. The SMILES string of the molecule is N#C/C(=C\Nc1ccc(S(=O)(=O)N=C(N)N)cc1)c1nc(-c2cccc(Br)c2)cs1. The number of nitrogens with one attached hydrogen (secondary N) is 1. The van der Waals surface area contributed by atoms with Crippen LogP contribution < -0.4 is 16.8 Å². The zero-order valence-corrected chi connectivity index (χ0v) is 18.5. The van der Waals surface area contributed by atoms with Crippen molar-refractivity contribution in [3.05, 3.63) is 69.6 Å². The van der Waals surface area contributed by atoms with Crippen molar-refractivity contribution in [3.63, 3.8) is 0 Å². The van der Waals surface area contributed by atoms with Crippen LogP contribution in [-0.2, 0) is 10.0 Å². The molecule has 0 atom stereocenters. The van der Waals surface area contributed by atoms with Gasteiger partial charge in [-0.2, -0.15) is 13.7 Å². The Morgan fingerprint density at radius 1 is 1.23 bits per heavy atom. The lowest BCUT2D eigenvalue weighted by atomic mass is 10.2. The first-order valence-corrected chi connectivity index (χ1v) is 11.4. The maximum absolute atomic E-state index is 12.0. The number of benzene rings is 2. The largest absolute Gasteiger partial charge is 0.369 e. The van der Waals surface area contributed by atoms with Gasteiger partial charge in [0, 0.05) is 27.3 Å². The molecule has 1 heterocycles. The van der Waals surface area contributed by atoms with Gasteiger partial charge >= 0.3 is 0 Å². The Labute approximate surface area is 185 Å². The van der Waals surface area contributed by atoms with Crippen molar-refractivity contribution in [2.45, 2.75) is 4.90 Å². The van der Waals surface area contributed by atoms with Crippen molar-refractivity contribution < 1.29 is 8.42 Å². The van der Waals surface area contributed by atoms with Gasteiger partial charge in [-0.15, -0.1) is 15.7 Å². The topological polar surface area (TPSA) is 147 Å². The minimum atomic E-state index is -3.95. The number of nitrogens with two attached hydrogens (primary N) is 2. The van der Waals surface area contributed by atoms with E-state index in [0.29, 0.717) is 16.3 Å². The molecular weight excluding hydrogens is 488 g/mol. The smallest absolute Gasteiger partial charge is 0.285 e. The number of rotatable bonds is 6. The predicted octanol–water partition coefficient (Wildman–Crippen LogP) is 3.51. The normalized spacial score (nSPS) is 11.5. The average molecular weight is 503 g/mol. The number of nitrogens with zero attached hydrogens (tertiary/aromatic N) is 3. The monoisotopic (exact) mass is 502 g/mol. The van der Waals surface area contributed by atoms with Crippen molar-refractivity contribution in [1.82, 2.24) is 4.98 Å². The van der Waals surface area contributed by atoms with Crippen molar-refractivity contribution in [2.24, 2.45) is 15.9 Å². The number of thiazole rings is 1. The van der Waals surface area contributed by atoms with Gasteiger partial charge in [0.05, 0.1) is 10.6 Å². The molecule has 2 aromatic carbocycles. The van der Waals surface area contributed by atoms with E-state index in [1.807, 2.05) is 29.6 Å². The molecule has 1 aromatic heterocycles. The lowest BCUT2D eigenvalue weighted by molar-refractivity contribution is 0.598. The van der Waals surface area contributed by atoms with Crippen molar-refractivity contribution in [3.8, 4) is 17.3 Å². The van der Waals surface area contributed by atoms with Crippen LogP contribution in [0, 0.1) is 11.3 Å². The van der Waals surface area contributed by atoms with Crippen LogP contribution >= 0.6 is 27.3 Å². The second-order valence-electron chi connectivity index (χ2n) is 5.88. The third kappa shape index (κ3) is 5.24. The number of aromatic nitrogens is 1. The van der Waals surface area contributed by atoms with Crippen LogP contribution in [-0.4, -0.2) is 19.4 Å². The van der Waals surface area contributed by atoms with Gasteiger partial charge in [-0.25, -0.2) is 4.98 Å². The van der Waals surface area contributed by atoms with Crippen LogP contribution in [0.2, 0.25) is 0 Å². The summed E-state index contributed by atoms with van der Waals surface area (Å²) in [5, 5.41) is 14.9. The average Bonchev–Trinajstić information content (AvgIpc) is 3.18. The number of nitriles is 1. The summed E-state index contributed by atoms with van der Waals surface area (Å²) in [6.07, 6.45) is 1.52. The molecule has 0 radical (unpaired) electrons. The molecule has 0 saturated heterocycles. The van der Waals surface area contributed by atoms with Gasteiger partial charge in [0.2, 0.25) is 5.96 Å². The highest BCUT2D eigenvalue weighted by Gasteiger charge is 2.13. The summed E-state index contributed by atoms with van der Waals surface area (Å²) in [7, 11) is -3.95. The van der Waals surface area contributed by atoms with E-state index in [9.17, 15) is 13.7 Å². The zero-order valence-electron chi connectivity index (χ0n) is 15.3. The quantitative estimate of drug-likeness (QED) is 0.265. The summed E-state index contributed by atoms with van der Waals surface area (Å²) in [4.78, 5) is 4.48. The fraction of sp³-hybridized carbons (Fsp3) is 0. The second-order valence-corrected chi connectivity index (χ2v) is 9.26. The van der Waals surface area contributed by atoms with Crippen molar-refractivity contribution in [2.75, 3.05) is 5.32 Å². The maximum atomic E-state index is 12.0. The Balaban J connectivity index is 1.78.